The third kappa shape index (κ3) is 4.55. The minimum absolute atomic E-state index is 0.0242. The number of rotatable bonds is 7. The molecule has 1 aliphatic rings. The molecule has 3 aromatic carbocycles. The number of para-hydroxylation sites is 2. The number of hydrogen-bond donors (Lipinski definition) is 1. The molecule has 0 spiro atoms. The molecular weight excluding hydrogens is 440 g/mol. The van der Waals surface area contributed by atoms with Crippen molar-refractivity contribution >= 4 is 16.7 Å². The summed E-state index contributed by atoms with van der Waals surface area (Å²) >= 11 is 0. The second kappa shape index (κ2) is 10.1. The highest BCUT2D eigenvalue weighted by Crippen LogP contribution is 2.31. The topological polar surface area (TPSA) is 76.5 Å². The van der Waals surface area contributed by atoms with Crippen LogP contribution < -0.4 is 15.6 Å². The van der Waals surface area contributed by atoms with E-state index in [2.05, 4.69) is 21.4 Å². The molecule has 1 aromatic heterocycles. The fourth-order valence-corrected chi connectivity index (χ4v) is 4.81. The zero-order valence-corrected chi connectivity index (χ0v) is 19.7. The molecule has 2 heterocycles. The van der Waals surface area contributed by atoms with Crippen LogP contribution in [0.4, 0.5) is 0 Å². The molecule has 35 heavy (non-hydrogen) atoms. The van der Waals surface area contributed by atoms with Gasteiger partial charge in [0, 0.05) is 17.5 Å². The number of fused-ring (bicyclic) bond motifs is 1. The number of nitrogens with zero attached hydrogens (tertiary/aromatic N) is 3. The molecule has 5 rings (SSSR count). The second-order valence-corrected chi connectivity index (χ2v) is 8.66. The van der Waals surface area contributed by atoms with Crippen LogP contribution in [0.15, 0.2) is 83.7 Å². The number of carbonyl (C=O) groups is 1. The summed E-state index contributed by atoms with van der Waals surface area (Å²) in [6.07, 6.45) is 2.27. The lowest BCUT2D eigenvalue weighted by atomic mass is 10.0. The number of aromatic nitrogens is 2. The van der Waals surface area contributed by atoms with Gasteiger partial charge in [-0.15, -0.1) is 0 Å². The van der Waals surface area contributed by atoms with Crippen molar-refractivity contribution in [3.8, 4) is 11.4 Å². The number of likely N-dealkylation sites (tertiary alicyclic amines) is 1. The molecule has 0 radical (unpaired) electrons. The van der Waals surface area contributed by atoms with Gasteiger partial charge in [-0.05, 0) is 50.2 Å². The molecular formula is C28H28N4O3. The molecule has 178 valence electrons. The monoisotopic (exact) mass is 468 g/mol. The van der Waals surface area contributed by atoms with Gasteiger partial charge in [0.15, 0.2) is 5.69 Å². The van der Waals surface area contributed by atoms with Crippen molar-refractivity contribution < 1.29 is 9.53 Å². The third-order valence-electron chi connectivity index (χ3n) is 6.56. The number of ether oxygens (including phenoxy) is 1. The predicted octanol–water partition coefficient (Wildman–Crippen LogP) is 3.96. The van der Waals surface area contributed by atoms with E-state index in [1.807, 2.05) is 42.5 Å². The average molecular weight is 469 g/mol. The van der Waals surface area contributed by atoms with Crippen molar-refractivity contribution in [3.63, 3.8) is 0 Å². The van der Waals surface area contributed by atoms with Crippen molar-refractivity contribution in [3.05, 3.63) is 100 Å². The summed E-state index contributed by atoms with van der Waals surface area (Å²) in [4.78, 5) is 29.1. The van der Waals surface area contributed by atoms with E-state index in [9.17, 15) is 9.59 Å². The number of hydrogen-bond acceptors (Lipinski definition) is 5. The first-order valence-corrected chi connectivity index (χ1v) is 11.9. The Hall–Kier alpha value is -3.97. The summed E-state index contributed by atoms with van der Waals surface area (Å²) in [5, 5.41) is 8.60. The average Bonchev–Trinajstić information content (AvgIpc) is 3.44. The first kappa shape index (κ1) is 22.8. The minimum atomic E-state index is -0.315. The zero-order chi connectivity index (χ0) is 24.2. The number of benzene rings is 3. The fourth-order valence-electron chi connectivity index (χ4n) is 4.81. The van der Waals surface area contributed by atoms with E-state index < -0.39 is 0 Å². The Bertz CT molecular complexity index is 1390. The van der Waals surface area contributed by atoms with Crippen LogP contribution in [0.2, 0.25) is 0 Å². The quantitative estimate of drug-likeness (QED) is 0.444. The highest BCUT2D eigenvalue weighted by Gasteiger charge is 2.27. The molecule has 0 aliphatic carbocycles. The largest absolute Gasteiger partial charge is 0.496 e. The van der Waals surface area contributed by atoms with Crippen LogP contribution >= 0.6 is 0 Å². The molecule has 7 nitrogen and oxygen atoms in total. The highest BCUT2D eigenvalue weighted by atomic mass is 16.5. The lowest BCUT2D eigenvalue weighted by molar-refractivity contribution is 0.0932. The molecule has 1 fully saturated rings. The first-order chi connectivity index (χ1) is 17.2. The van der Waals surface area contributed by atoms with Crippen molar-refractivity contribution in [2.24, 2.45) is 0 Å². The molecule has 1 unspecified atom stereocenters. The molecule has 4 aromatic rings. The zero-order valence-electron chi connectivity index (χ0n) is 19.7. The summed E-state index contributed by atoms with van der Waals surface area (Å²) in [6, 6.07) is 24.2. The summed E-state index contributed by atoms with van der Waals surface area (Å²) in [6.45, 7) is 2.34. The van der Waals surface area contributed by atoms with E-state index in [4.69, 9.17) is 4.74 Å². The molecule has 1 amide bonds. The van der Waals surface area contributed by atoms with Gasteiger partial charge in [0.25, 0.3) is 11.5 Å². The maximum atomic E-state index is 13.5. The molecule has 1 N–H and O–H groups in total. The van der Waals surface area contributed by atoms with Crippen molar-refractivity contribution in [1.29, 1.82) is 0 Å². The SMILES string of the molecule is COc1ccccc1C(CNC(=O)c1nn(-c2ccccc2)c(=O)c2ccccc12)N1CCCC1. The Morgan fingerprint density at radius 1 is 0.943 bits per heavy atom. The predicted molar refractivity (Wildman–Crippen MR) is 136 cm³/mol. The molecule has 1 atom stereocenters. The standard InChI is InChI=1S/C28H28N4O3/c1-35-25-16-8-7-15-23(25)24(31-17-9-10-18-31)19-29-27(33)26-21-13-5-6-14-22(21)28(34)32(30-26)20-11-3-2-4-12-20/h2-8,11-16,24H,9-10,17-19H2,1H3,(H,29,33). The highest BCUT2D eigenvalue weighted by molar-refractivity contribution is 6.04. The number of nitrogens with one attached hydrogen (secondary N) is 1. The van der Waals surface area contributed by atoms with Gasteiger partial charge in [0.2, 0.25) is 0 Å². The van der Waals surface area contributed by atoms with Crippen LogP contribution in [0.25, 0.3) is 16.5 Å². The fraction of sp³-hybridized carbons (Fsp3) is 0.250. The van der Waals surface area contributed by atoms with Gasteiger partial charge in [0.05, 0.1) is 24.2 Å². The van der Waals surface area contributed by atoms with Gasteiger partial charge < -0.3 is 10.1 Å². The van der Waals surface area contributed by atoms with Gasteiger partial charge in [-0.1, -0.05) is 54.6 Å². The van der Waals surface area contributed by atoms with Crippen molar-refractivity contribution in [2.75, 3.05) is 26.7 Å². The van der Waals surface area contributed by atoms with E-state index in [0.29, 0.717) is 23.0 Å². The Balaban J connectivity index is 1.50. The molecule has 0 saturated carbocycles. The van der Waals surface area contributed by atoms with Crippen LogP contribution in [0, 0.1) is 0 Å². The van der Waals surface area contributed by atoms with Crippen molar-refractivity contribution in [1.82, 2.24) is 20.0 Å². The van der Waals surface area contributed by atoms with Crippen LogP contribution in [-0.4, -0.2) is 47.3 Å². The van der Waals surface area contributed by atoms with E-state index in [1.165, 1.54) is 4.68 Å². The molecule has 7 heteroatoms. The number of methoxy groups -OCH3 is 1. The van der Waals surface area contributed by atoms with E-state index >= 15 is 0 Å². The molecule has 1 saturated heterocycles. The van der Waals surface area contributed by atoms with Gasteiger partial charge in [0.1, 0.15) is 5.75 Å². The van der Waals surface area contributed by atoms with Crippen LogP contribution in [-0.2, 0) is 0 Å². The summed E-state index contributed by atoms with van der Waals surface area (Å²) in [5.41, 5.74) is 1.63. The maximum Gasteiger partial charge on any atom is 0.279 e. The molecule has 0 bridgehead atoms. The van der Waals surface area contributed by atoms with E-state index in [-0.39, 0.29) is 23.2 Å². The van der Waals surface area contributed by atoms with Gasteiger partial charge in [-0.25, -0.2) is 0 Å². The third-order valence-corrected chi connectivity index (χ3v) is 6.56. The second-order valence-electron chi connectivity index (χ2n) is 8.66. The van der Waals surface area contributed by atoms with E-state index in [1.54, 1.807) is 37.4 Å². The Kier molecular flexibility index (Phi) is 6.59. The lowest BCUT2D eigenvalue weighted by Gasteiger charge is -2.29. The van der Waals surface area contributed by atoms with Crippen LogP contribution in [0.5, 0.6) is 5.75 Å². The Labute approximate surface area is 204 Å². The lowest BCUT2D eigenvalue weighted by Crippen LogP contribution is -2.38. The Morgan fingerprint density at radius 3 is 2.34 bits per heavy atom. The number of carbonyl (C=O) groups excluding carboxylic acids is 1. The first-order valence-electron chi connectivity index (χ1n) is 11.9. The van der Waals surface area contributed by atoms with Gasteiger partial charge in [-0.3, -0.25) is 14.5 Å². The van der Waals surface area contributed by atoms with Crippen LogP contribution in [0.1, 0.15) is 34.9 Å². The smallest absolute Gasteiger partial charge is 0.279 e. The number of amides is 1. The molecule has 1 aliphatic heterocycles. The van der Waals surface area contributed by atoms with Crippen molar-refractivity contribution in [2.45, 2.75) is 18.9 Å². The van der Waals surface area contributed by atoms with Gasteiger partial charge >= 0.3 is 0 Å². The summed E-state index contributed by atoms with van der Waals surface area (Å²) in [5.74, 6) is 0.491. The normalized spacial score (nSPS) is 14.7. The summed E-state index contributed by atoms with van der Waals surface area (Å²) in [7, 11) is 1.67. The minimum Gasteiger partial charge on any atom is -0.496 e. The Morgan fingerprint density at radius 2 is 1.60 bits per heavy atom. The summed E-state index contributed by atoms with van der Waals surface area (Å²) < 4.78 is 6.92. The maximum absolute atomic E-state index is 13.5. The van der Waals surface area contributed by atoms with Crippen LogP contribution in [0.3, 0.4) is 0 Å². The van der Waals surface area contributed by atoms with E-state index in [0.717, 1.165) is 37.2 Å². The van der Waals surface area contributed by atoms with Gasteiger partial charge in [-0.2, -0.15) is 9.78 Å².